The molecular formula is C11H23N. The molecule has 1 heteroatoms. The second-order valence-corrected chi connectivity index (χ2v) is 3.44. The van der Waals surface area contributed by atoms with E-state index in [1.54, 1.807) is 0 Å². The van der Waals surface area contributed by atoms with Gasteiger partial charge in [0.25, 0.3) is 0 Å². The van der Waals surface area contributed by atoms with Gasteiger partial charge in [-0.3, -0.25) is 0 Å². The summed E-state index contributed by atoms with van der Waals surface area (Å²) < 4.78 is 0. The molecule has 1 nitrogen and oxygen atoms in total. The summed E-state index contributed by atoms with van der Waals surface area (Å²) in [5, 5.41) is 0. The Morgan fingerprint density at radius 1 is 1.25 bits per heavy atom. The molecule has 0 fully saturated rings. The van der Waals surface area contributed by atoms with Crippen LogP contribution in [0.15, 0.2) is 11.6 Å². The minimum Gasteiger partial charge on any atom is -0.330 e. The van der Waals surface area contributed by atoms with Crippen LogP contribution in [0.1, 0.15) is 52.4 Å². The average molecular weight is 169 g/mol. The molecular weight excluding hydrogens is 146 g/mol. The first-order valence-electron chi connectivity index (χ1n) is 5.17. The highest BCUT2D eigenvalue weighted by molar-refractivity contribution is 4.97. The maximum Gasteiger partial charge on any atom is -0.00425 e. The van der Waals surface area contributed by atoms with Crippen molar-refractivity contribution in [2.45, 2.75) is 52.4 Å². The lowest BCUT2D eigenvalue weighted by molar-refractivity contribution is 0.663. The lowest BCUT2D eigenvalue weighted by Crippen LogP contribution is -1.96. The summed E-state index contributed by atoms with van der Waals surface area (Å²) in [6.45, 7) is 5.24. The Hall–Kier alpha value is -0.300. The van der Waals surface area contributed by atoms with Gasteiger partial charge in [-0.25, -0.2) is 0 Å². The van der Waals surface area contributed by atoms with Crippen LogP contribution in [0.2, 0.25) is 0 Å². The maximum atomic E-state index is 5.41. The molecule has 0 aromatic carbocycles. The minimum absolute atomic E-state index is 0.784. The van der Waals surface area contributed by atoms with Crippen molar-refractivity contribution >= 4 is 0 Å². The summed E-state index contributed by atoms with van der Waals surface area (Å²) in [6.07, 6.45) is 10.0. The Balaban J connectivity index is 3.24. The van der Waals surface area contributed by atoms with Gasteiger partial charge in [-0.1, -0.05) is 37.8 Å². The van der Waals surface area contributed by atoms with Gasteiger partial charge < -0.3 is 5.73 Å². The SMILES string of the molecule is CCCCCC/C(C)=C\CCN. The molecule has 0 saturated heterocycles. The highest BCUT2D eigenvalue weighted by Crippen LogP contribution is 2.09. The topological polar surface area (TPSA) is 26.0 Å². The fraction of sp³-hybridized carbons (Fsp3) is 0.818. The van der Waals surface area contributed by atoms with Gasteiger partial charge in [-0.05, 0) is 32.7 Å². The first-order valence-corrected chi connectivity index (χ1v) is 5.17. The van der Waals surface area contributed by atoms with Crippen LogP contribution in [0.3, 0.4) is 0 Å². The van der Waals surface area contributed by atoms with E-state index in [2.05, 4.69) is 19.9 Å². The Labute approximate surface area is 77.0 Å². The molecule has 0 atom stereocenters. The zero-order chi connectivity index (χ0) is 9.23. The van der Waals surface area contributed by atoms with Crippen molar-refractivity contribution in [3.8, 4) is 0 Å². The lowest BCUT2D eigenvalue weighted by atomic mass is 10.1. The Kier molecular flexibility index (Phi) is 8.57. The predicted octanol–water partition coefficient (Wildman–Crippen LogP) is 3.25. The average Bonchev–Trinajstić information content (AvgIpc) is 2.09. The van der Waals surface area contributed by atoms with Gasteiger partial charge in [0.15, 0.2) is 0 Å². The van der Waals surface area contributed by atoms with E-state index >= 15 is 0 Å². The first-order chi connectivity index (χ1) is 5.81. The van der Waals surface area contributed by atoms with Crippen molar-refractivity contribution in [3.05, 3.63) is 11.6 Å². The van der Waals surface area contributed by atoms with Crippen LogP contribution in [0.4, 0.5) is 0 Å². The van der Waals surface area contributed by atoms with Crippen molar-refractivity contribution in [1.29, 1.82) is 0 Å². The van der Waals surface area contributed by atoms with Crippen LogP contribution < -0.4 is 5.73 Å². The zero-order valence-corrected chi connectivity index (χ0v) is 8.60. The highest BCUT2D eigenvalue weighted by Gasteiger charge is 1.90. The monoisotopic (exact) mass is 169 g/mol. The van der Waals surface area contributed by atoms with Gasteiger partial charge in [0.2, 0.25) is 0 Å². The van der Waals surface area contributed by atoms with Crippen molar-refractivity contribution in [1.82, 2.24) is 0 Å². The second kappa shape index (κ2) is 8.79. The predicted molar refractivity (Wildman–Crippen MR) is 56.2 cm³/mol. The van der Waals surface area contributed by atoms with Crippen LogP contribution >= 0.6 is 0 Å². The van der Waals surface area contributed by atoms with Gasteiger partial charge in [0.05, 0.1) is 0 Å². The molecule has 12 heavy (non-hydrogen) atoms. The van der Waals surface area contributed by atoms with E-state index in [0.29, 0.717) is 0 Å². The van der Waals surface area contributed by atoms with Crippen LogP contribution in [-0.4, -0.2) is 6.54 Å². The molecule has 0 aliphatic heterocycles. The number of hydrogen-bond donors (Lipinski definition) is 1. The first kappa shape index (κ1) is 11.7. The molecule has 0 saturated carbocycles. The van der Waals surface area contributed by atoms with Crippen molar-refractivity contribution < 1.29 is 0 Å². The number of unbranched alkanes of at least 4 members (excludes halogenated alkanes) is 3. The number of allylic oxidation sites excluding steroid dienone is 1. The van der Waals surface area contributed by atoms with E-state index in [0.717, 1.165) is 13.0 Å². The Bertz CT molecular complexity index is 116. The highest BCUT2D eigenvalue weighted by atomic mass is 14.5. The quantitative estimate of drug-likeness (QED) is 0.459. The van der Waals surface area contributed by atoms with Crippen LogP contribution in [-0.2, 0) is 0 Å². The van der Waals surface area contributed by atoms with Gasteiger partial charge >= 0.3 is 0 Å². The van der Waals surface area contributed by atoms with Crippen LogP contribution in [0.5, 0.6) is 0 Å². The van der Waals surface area contributed by atoms with Crippen molar-refractivity contribution in [2.24, 2.45) is 5.73 Å². The number of nitrogens with two attached hydrogens (primary N) is 1. The summed E-state index contributed by atoms with van der Waals surface area (Å²) in [6, 6.07) is 0. The molecule has 0 aliphatic carbocycles. The molecule has 72 valence electrons. The van der Waals surface area contributed by atoms with E-state index in [9.17, 15) is 0 Å². The van der Waals surface area contributed by atoms with E-state index in [1.807, 2.05) is 0 Å². The summed E-state index contributed by atoms with van der Waals surface area (Å²) in [5.41, 5.74) is 6.92. The van der Waals surface area contributed by atoms with Crippen LogP contribution in [0.25, 0.3) is 0 Å². The maximum absolute atomic E-state index is 5.41. The van der Waals surface area contributed by atoms with Gasteiger partial charge in [0, 0.05) is 0 Å². The van der Waals surface area contributed by atoms with Crippen LogP contribution in [0, 0.1) is 0 Å². The fourth-order valence-electron chi connectivity index (χ4n) is 1.26. The fourth-order valence-corrected chi connectivity index (χ4v) is 1.26. The molecule has 0 radical (unpaired) electrons. The standard InChI is InChI=1S/C11H23N/c1-3-4-5-6-8-11(2)9-7-10-12/h9H,3-8,10,12H2,1-2H3/b11-9-. The Morgan fingerprint density at radius 3 is 2.58 bits per heavy atom. The van der Waals surface area contributed by atoms with E-state index in [-0.39, 0.29) is 0 Å². The summed E-state index contributed by atoms with van der Waals surface area (Å²) in [5.74, 6) is 0. The zero-order valence-electron chi connectivity index (χ0n) is 8.60. The van der Waals surface area contributed by atoms with E-state index in [1.165, 1.54) is 37.7 Å². The third-order valence-corrected chi connectivity index (χ3v) is 2.08. The lowest BCUT2D eigenvalue weighted by Gasteiger charge is -2.00. The third-order valence-electron chi connectivity index (χ3n) is 2.08. The molecule has 0 aliphatic rings. The molecule has 0 aromatic heterocycles. The van der Waals surface area contributed by atoms with E-state index in [4.69, 9.17) is 5.73 Å². The molecule has 0 heterocycles. The van der Waals surface area contributed by atoms with Gasteiger partial charge in [-0.2, -0.15) is 0 Å². The molecule has 0 aromatic rings. The number of rotatable bonds is 7. The smallest absolute Gasteiger partial charge is 0.00425 e. The molecule has 2 N–H and O–H groups in total. The largest absolute Gasteiger partial charge is 0.330 e. The molecule has 0 unspecified atom stereocenters. The minimum atomic E-state index is 0.784. The number of hydrogen-bond acceptors (Lipinski definition) is 1. The van der Waals surface area contributed by atoms with Crippen molar-refractivity contribution in [2.75, 3.05) is 6.54 Å². The van der Waals surface area contributed by atoms with E-state index < -0.39 is 0 Å². The molecule has 0 amide bonds. The Morgan fingerprint density at radius 2 is 2.00 bits per heavy atom. The van der Waals surface area contributed by atoms with Gasteiger partial charge in [-0.15, -0.1) is 0 Å². The van der Waals surface area contributed by atoms with Gasteiger partial charge in [0.1, 0.15) is 0 Å². The summed E-state index contributed by atoms with van der Waals surface area (Å²) in [4.78, 5) is 0. The van der Waals surface area contributed by atoms with Crippen molar-refractivity contribution in [3.63, 3.8) is 0 Å². The summed E-state index contributed by atoms with van der Waals surface area (Å²) >= 11 is 0. The second-order valence-electron chi connectivity index (χ2n) is 3.44. The summed E-state index contributed by atoms with van der Waals surface area (Å²) in [7, 11) is 0. The molecule has 0 bridgehead atoms. The molecule has 0 spiro atoms. The third kappa shape index (κ3) is 7.80. The molecule has 0 rings (SSSR count). The normalized spacial score (nSPS) is 12.1.